The lowest BCUT2D eigenvalue weighted by atomic mass is 10.2. The number of pyridine rings is 1. The van der Waals surface area contributed by atoms with Crippen molar-refractivity contribution in [1.29, 1.82) is 0 Å². The molecule has 0 saturated carbocycles. The van der Waals surface area contributed by atoms with E-state index >= 15 is 0 Å². The van der Waals surface area contributed by atoms with Crippen LogP contribution in [0.25, 0.3) is 0 Å². The molecule has 3 rings (SSSR count). The maximum absolute atomic E-state index is 12.5. The number of carbonyl (C=O) groups is 1. The van der Waals surface area contributed by atoms with Crippen molar-refractivity contribution < 1.29 is 9.32 Å². The number of nitrogens with one attached hydrogen (secondary N) is 1. The molecule has 1 unspecified atom stereocenters. The summed E-state index contributed by atoms with van der Waals surface area (Å²) in [4.78, 5) is 22.8. The van der Waals surface area contributed by atoms with E-state index in [1.165, 1.54) is 0 Å². The smallest absolute Gasteiger partial charge is 0.318 e. The summed E-state index contributed by atoms with van der Waals surface area (Å²) >= 11 is 0. The molecule has 1 aliphatic rings. The van der Waals surface area contributed by atoms with Gasteiger partial charge in [0.25, 0.3) is 0 Å². The molecule has 2 aromatic heterocycles. The monoisotopic (exact) mass is 329 g/mol. The van der Waals surface area contributed by atoms with Crippen molar-refractivity contribution in [3.05, 3.63) is 41.8 Å². The number of carbonyl (C=O) groups excluding carboxylic acids is 1. The van der Waals surface area contributed by atoms with Crippen LogP contribution in [0.5, 0.6) is 0 Å². The van der Waals surface area contributed by atoms with Crippen LogP contribution in [0.3, 0.4) is 0 Å². The van der Waals surface area contributed by atoms with E-state index in [0.717, 1.165) is 31.4 Å². The largest absolute Gasteiger partial charge is 0.339 e. The quantitative estimate of drug-likeness (QED) is 0.911. The van der Waals surface area contributed by atoms with Gasteiger partial charge < -0.3 is 14.7 Å². The average Bonchev–Trinajstić information content (AvgIpc) is 3.24. The zero-order chi connectivity index (χ0) is 16.9. The fourth-order valence-electron chi connectivity index (χ4n) is 2.86. The van der Waals surface area contributed by atoms with Crippen molar-refractivity contribution in [2.75, 3.05) is 13.1 Å². The predicted molar refractivity (Wildman–Crippen MR) is 88.4 cm³/mol. The Morgan fingerprint density at radius 1 is 1.50 bits per heavy atom. The van der Waals surface area contributed by atoms with E-state index in [4.69, 9.17) is 4.52 Å². The lowest BCUT2D eigenvalue weighted by molar-refractivity contribution is 0.190. The number of urea groups is 1. The molecule has 128 valence electrons. The van der Waals surface area contributed by atoms with Gasteiger partial charge in [0.05, 0.1) is 6.04 Å². The van der Waals surface area contributed by atoms with Crippen LogP contribution >= 0.6 is 0 Å². The summed E-state index contributed by atoms with van der Waals surface area (Å²) in [6.07, 6.45) is 6.14. The third kappa shape index (κ3) is 3.72. The number of nitrogens with zero attached hydrogens (tertiary/aromatic N) is 4. The second-order valence-electron chi connectivity index (χ2n) is 6.34. The Kier molecular flexibility index (Phi) is 5.08. The summed E-state index contributed by atoms with van der Waals surface area (Å²) in [5, 5.41) is 7.04. The first-order chi connectivity index (χ1) is 11.6. The number of likely N-dealkylation sites (tertiary alicyclic amines) is 1. The van der Waals surface area contributed by atoms with Crippen LogP contribution in [0.15, 0.2) is 29.0 Å². The molecule has 7 nitrogen and oxygen atoms in total. The highest BCUT2D eigenvalue weighted by atomic mass is 16.5. The van der Waals surface area contributed by atoms with Gasteiger partial charge >= 0.3 is 6.03 Å². The van der Waals surface area contributed by atoms with Gasteiger partial charge in [0, 0.05) is 31.4 Å². The number of aromatic nitrogens is 3. The lowest BCUT2D eigenvalue weighted by Gasteiger charge is -2.22. The average molecular weight is 329 g/mol. The molecule has 0 aliphatic carbocycles. The molecule has 0 spiro atoms. The number of hydrogen-bond acceptors (Lipinski definition) is 5. The van der Waals surface area contributed by atoms with Gasteiger partial charge in [-0.2, -0.15) is 4.98 Å². The highest BCUT2D eigenvalue weighted by Crippen LogP contribution is 2.30. The second-order valence-corrected chi connectivity index (χ2v) is 6.34. The maximum atomic E-state index is 12.5. The third-order valence-electron chi connectivity index (χ3n) is 4.18. The maximum Gasteiger partial charge on any atom is 0.318 e. The van der Waals surface area contributed by atoms with Gasteiger partial charge in [-0.25, -0.2) is 4.79 Å². The molecule has 3 heterocycles. The molecule has 0 bridgehead atoms. The minimum atomic E-state index is -0.0976. The van der Waals surface area contributed by atoms with Crippen LogP contribution in [-0.4, -0.2) is 39.1 Å². The Morgan fingerprint density at radius 2 is 2.38 bits per heavy atom. The highest BCUT2D eigenvalue weighted by molar-refractivity contribution is 5.75. The zero-order valence-corrected chi connectivity index (χ0v) is 14.1. The summed E-state index contributed by atoms with van der Waals surface area (Å²) in [7, 11) is 0. The predicted octanol–water partition coefficient (Wildman–Crippen LogP) is 2.68. The van der Waals surface area contributed by atoms with Crippen LogP contribution in [-0.2, 0) is 6.42 Å². The number of hydrogen-bond donors (Lipinski definition) is 1. The molecular weight excluding hydrogens is 306 g/mol. The van der Waals surface area contributed by atoms with Crippen LogP contribution in [0.2, 0.25) is 0 Å². The van der Waals surface area contributed by atoms with Crippen molar-refractivity contribution in [3.8, 4) is 0 Å². The van der Waals surface area contributed by atoms with Crippen LogP contribution < -0.4 is 5.32 Å². The first-order valence-electron chi connectivity index (χ1n) is 8.42. The third-order valence-corrected chi connectivity index (χ3v) is 4.18. The summed E-state index contributed by atoms with van der Waals surface area (Å²) < 4.78 is 5.28. The van der Waals surface area contributed by atoms with Gasteiger partial charge in [-0.05, 0) is 30.9 Å². The summed E-state index contributed by atoms with van der Waals surface area (Å²) in [6.45, 7) is 5.32. The molecular formula is C17H23N5O2. The van der Waals surface area contributed by atoms with E-state index in [0.29, 0.717) is 18.3 Å². The van der Waals surface area contributed by atoms with E-state index < -0.39 is 0 Å². The van der Waals surface area contributed by atoms with E-state index in [9.17, 15) is 4.79 Å². The number of rotatable bonds is 5. The van der Waals surface area contributed by atoms with E-state index in [1.54, 1.807) is 11.1 Å². The molecule has 1 aliphatic heterocycles. The molecule has 1 fully saturated rings. The molecule has 0 radical (unpaired) electrons. The van der Waals surface area contributed by atoms with E-state index in [-0.39, 0.29) is 18.0 Å². The molecule has 7 heteroatoms. The lowest BCUT2D eigenvalue weighted by Crippen LogP contribution is -2.40. The Hall–Kier alpha value is -2.44. The first-order valence-corrected chi connectivity index (χ1v) is 8.42. The van der Waals surface area contributed by atoms with Gasteiger partial charge in [-0.3, -0.25) is 4.98 Å². The molecule has 1 atom stereocenters. The molecule has 24 heavy (non-hydrogen) atoms. The Bertz CT molecular complexity index is 671. The second kappa shape index (κ2) is 7.42. The number of amides is 2. The minimum Gasteiger partial charge on any atom is -0.339 e. The normalized spacial score (nSPS) is 17.5. The Morgan fingerprint density at radius 3 is 3.08 bits per heavy atom. The molecule has 1 saturated heterocycles. The first kappa shape index (κ1) is 16.4. The van der Waals surface area contributed by atoms with E-state index in [2.05, 4.69) is 20.4 Å². The van der Waals surface area contributed by atoms with Crippen molar-refractivity contribution >= 4 is 6.03 Å². The Labute approximate surface area is 141 Å². The van der Waals surface area contributed by atoms with Gasteiger partial charge in [0.2, 0.25) is 5.89 Å². The summed E-state index contributed by atoms with van der Waals surface area (Å²) in [6, 6.07) is 3.73. The van der Waals surface area contributed by atoms with Crippen molar-refractivity contribution in [1.82, 2.24) is 25.3 Å². The van der Waals surface area contributed by atoms with Gasteiger partial charge in [0.15, 0.2) is 5.82 Å². The fourth-order valence-corrected chi connectivity index (χ4v) is 2.86. The van der Waals surface area contributed by atoms with Gasteiger partial charge in [0.1, 0.15) is 0 Å². The minimum absolute atomic E-state index is 0.0720. The van der Waals surface area contributed by atoms with Crippen molar-refractivity contribution in [2.24, 2.45) is 0 Å². The van der Waals surface area contributed by atoms with E-state index in [1.807, 2.05) is 32.2 Å². The summed E-state index contributed by atoms with van der Waals surface area (Å²) in [5.41, 5.74) is 1.11. The van der Waals surface area contributed by atoms with Crippen LogP contribution in [0, 0.1) is 0 Å². The molecule has 2 aromatic rings. The van der Waals surface area contributed by atoms with Crippen molar-refractivity contribution in [3.63, 3.8) is 0 Å². The summed E-state index contributed by atoms with van der Waals surface area (Å²) in [5.74, 6) is 1.42. The van der Waals surface area contributed by atoms with Crippen LogP contribution in [0.4, 0.5) is 4.79 Å². The van der Waals surface area contributed by atoms with Gasteiger partial charge in [-0.1, -0.05) is 25.1 Å². The SMILES string of the molecule is CC(C)c1nc(C2CCCN2C(=O)NCCc2cccnc2)no1. The Balaban J connectivity index is 1.57. The standard InChI is InChI=1S/C17H23N5O2/c1-12(2)16-20-15(21-24-16)14-6-4-10-22(14)17(23)19-9-7-13-5-3-8-18-11-13/h3,5,8,11-12,14H,4,6-7,9-10H2,1-2H3,(H,19,23). The molecule has 0 aromatic carbocycles. The topological polar surface area (TPSA) is 84.2 Å². The van der Waals surface area contributed by atoms with Gasteiger partial charge in [-0.15, -0.1) is 0 Å². The van der Waals surface area contributed by atoms with Crippen molar-refractivity contribution in [2.45, 2.75) is 45.1 Å². The zero-order valence-electron chi connectivity index (χ0n) is 14.1. The molecule has 2 amide bonds. The molecule has 1 N–H and O–H groups in total. The highest BCUT2D eigenvalue weighted by Gasteiger charge is 2.33. The fraction of sp³-hybridized carbons (Fsp3) is 0.529. The van der Waals surface area contributed by atoms with Crippen LogP contribution in [0.1, 0.15) is 55.9 Å².